The molecule has 1 aliphatic rings. The van der Waals surface area contributed by atoms with E-state index in [0.717, 1.165) is 26.1 Å². The second kappa shape index (κ2) is 6.57. The maximum atomic E-state index is 11.6. The monoisotopic (exact) mass is 261 g/mol. The van der Waals surface area contributed by atoms with Crippen molar-refractivity contribution in [3.05, 3.63) is 30.3 Å². The average Bonchev–Trinajstić information content (AvgIpc) is 2.85. The fourth-order valence-corrected chi connectivity index (χ4v) is 2.50. The molecular weight excluding hydrogens is 238 g/mol. The van der Waals surface area contributed by atoms with E-state index in [2.05, 4.69) is 34.5 Å². The molecule has 2 unspecified atom stereocenters. The summed E-state index contributed by atoms with van der Waals surface area (Å²) < 4.78 is 0. The van der Waals surface area contributed by atoms with E-state index in [1.165, 1.54) is 5.69 Å². The third-order valence-electron chi connectivity index (χ3n) is 3.50. The summed E-state index contributed by atoms with van der Waals surface area (Å²) >= 11 is 0. The molecule has 1 aliphatic heterocycles. The van der Waals surface area contributed by atoms with Crippen molar-refractivity contribution in [2.24, 2.45) is 11.7 Å². The van der Waals surface area contributed by atoms with Crippen molar-refractivity contribution < 1.29 is 4.79 Å². The van der Waals surface area contributed by atoms with Crippen molar-refractivity contribution in [1.29, 1.82) is 0 Å². The molecule has 1 aromatic rings. The molecule has 2 rings (SSSR count). The standard InChI is InChI=1S/C15H23N3O/c1-12(16)9-15(19)17-10-13-7-8-18(11-13)14-5-3-2-4-6-14/h2-6,12-13H,7-11,16H2,1H3,(H,17,19). The molecule has 4 heteroatoms. The highest BCUT2D eigenvalue weighted by Gasteiger charge is 2.22. The SMILES string of the molecule is CC(N)CC(=O)NCC1CCN(c2ccccc2)C1. The summed E-state index contributed by atoms with van der Waals surface area (Å²) in [5, 5.41) is 2.98. The predicted octanol–water partition coefficient (Wildman–Crippen LogP) is 1.37. The predicted molar refractivity (Wildman–Crippen MR) is 78.0 cm³/mol. The first kappa shape index (κ1) is 13.9. The Morgan fingerprint density at radius 1 is 1.47 bits per heavy atom. The molecule has 2 atom stereocenters. The summed E-state index contributed by atoms with van der Waals surface area (Å²) in [5.41, 5.74) is 6.88. The highest BCUT2D eigenvalue weighted by Crippen LogP contribution is 2.22. The molecule has 104 valence electrons. The Labute approximate surface area is 115 Å². The van der Waals surface area contributed by atoms with E-state index in [1.807, 2.05) is 13.0 Å². The molecule has 0 aromatic heterocycles. The molecule has 0 bridgehead atoms. The quantitative estimate of drug-likeness (QED) is 0.841. The zero-order valence-corrected chi connectivity index (χ0v) is 11.5. The molecule has 1 aromatic carbocycles. The number of benzene rings is 1. The number of para-hydroxylation sites is 1. The molecule has 19 heavy (non-hydrogen) atoms. The molecule has 0 aliphatic carbocycles. The second-order valence-corrected chi connectivity index (χ2v) is 5.42. The number of rotatable bonds is 5. The third-order valence-corrected chi connectivity index (χ3v) is 3.50. The minimum Gasteiger partial charge on any atom is -0.371 e. The van der Waals surface area contributed by atoms with Crippen LogP contribution in [-0.2, 0) is 4.79 Å². The van der Waals surface area contributed by atoms with Gasteiger partial charge in [-0.3, -0.25) is 4.79 Å². The first-order valence-electron chi connectivity index (χ1n) is 6.97. The van der Waals surface area contributed by atoms with Crippen molar-refractivity contribution in [3.63, 3.8) is 0 Å². The van der Waals surface area contributed by atoms with Crippen LogP contribution >= 0.6 is 0 Å². The first-order chi connectivity index (χ1) is 9.15. The Kier molecular flexibility index (Phi) is 4.80. The van der Waals surface area contributed by atoms with Crippen molar-refractivity contribution in [1.82, 2.24) is 5.32 Å². The summed E-state index contributed by atoms with van der Waals surface area (Å²) in [6.07, 6.45) is 1.54. The van der Waals surface area contributed by atoms with Gasteiger partial charge >= 0.3 is 0 Å². The first-order valence-corrected chi connectivity index (χ1v) is 6.97. The molecule has 0 radical (unpaired) electrons. The lowest BCUT2D eigenvalue weighted by Gasteiger charge is -2.18. The van der Waals surface area contributed by atoms with Crippen LogP contribution in [0.15, 0.2) is 30.3 Å². The molecule has 0 saturated carbocycles. The second-order valence-electron chi connectivity index (χ2n) is 5.42. The van der Waals surface area contributed by atoms with E-state index in [9.17, 15) is 4.79 Å². The van der Waals surface area contributed by atoms with E-state index in [1.54, 1.807) is 0 Å². The lowest BCUT2D eigenvalue weighted by atomic mass is 10.1. The van der Waals surface area contributed by atoms with Gasteiger partial charge in [0, 0.05) is 37.8 Å². The molecule has 1 fully saturated rings. The molecule has 1 heterocycles. The number of hydrogen-bond acceptors (Lipinski definition) is 3. The van der Waals surface area contributed by atoms with Gasteiger partial charge in [0.15, 0.2) is 0 Å². The number of nitrogens with two attached hydrogens (primary N) is 1. The average molecular weight is 261 g/mol. The normalized spacial score (nSPS) is 20.3. The summed E-state index contributed by atoms with van der Waals surface area (Å²) in [6, 6.07) is 10.4. The van der Waals surface area contributed by atoms with Gasteiger partial charge in [-0.1, -0.05) is 18.2 Å². The number of nitrogens with one attached hydrogen (secondary N) is 1. The molecule has 3 N–H and O–H groups in total. The Hall–Kier alpha value is -1.55. The Morgan fingerprint density at radius 3 is 2.89 bits per heavy atom. The van der Waals surface area contributed by atoms with Gasteiger partial charge in [-0.15, -0.1) is 0 Å². The van der Waals surface area contributed by atoms with E-state index >= 15 is 0 Å². The number of amides is 1. The zero-order chi connectivity index (χ0) is 13.7. The molecule has 4 nitrogen and oxygen atoms in total. The van der Waals surface area contributed by atoms with Gasteiger partial charge < -0.3 is 16.0 Å². The zero-order valence-electron chi connectivity index (χ0n) is 11.5. The minimum atomic E-state index is -0.0654. The fourth-order valence-electron chi connectivity index (χ4n) is 2.50. The number of hydrogen-bond donors (Lipinski definition) is 2. The van der Waals surface area contributed by atoms with E-state index in [4.69, 9.17) is 5.73 Å². The summed E-state index contributed by atoms with van der Waals surface area (Å²) in [7, 11) is 0. The van der Waals surface area contributed by atoms with Gasteiger partial charge in [0.05, 0.1) is 0 Å². The Balaban J connectivity index is 1.75. The molecule has 1 saturated heterocycles. The fraction of sp³-hybridized carbons (Fsp3) is 0.533. The number of carbonyl (C=O) groups is 1. The van der Waals surface area contributed by atoms with Gasteiger partial charge in [-0.25, -0.2) is 0 Å². The topological polar surface area (TPSA) is 58.4 Å². The molecular formula is C15H23N3O. The van der Waals surface area contributed by atoms with Crippen molar-refractivity contribution >= 4 is 11.6 Å². The number of nitrogens with zero attached hydrogens (tertiary/aromatic N) is 1. The van der Waals surface area contributed by atoms with Gasteiger partial charge in [0.2, 0.25) is 5.91 Å². The lowest BCUT2D eigenvalue weighted by Crippen LogP contribution is -2.34. The van der Waals surface area contributed by atoms with Crippen LogP contribution in [0.5, 0.6) is 0 Å². The maximum Gasteiger partial charge on any atom is 0.221 e. The molecule has 0 spiro atoms. The smallest absolute Gasteiger partial charge is 0.221 e. The van der Waals surface area contributed by atoms with Crippen molar-refractivity contribution in [2.75, 3.05) is 24.5 Å². The van der Waals surface area contributed by atoms with Crippen LogP contribution < -0.4 is 16.0 Å². The van der Waals surface area contributed by atoms with E-state index < -0.39 is 0 Å². The van der Waals surface area contributed by atoms with Crippen LogP contribution in [0.1, 0.15) is 19.8 Å². The van der Waals surface area contributed by atoms with Crippen LogP contribution in [0.2, 0.25) is 0 Å². The Morgan fingerprint density at radius 2 is 2.21 bits per heavy atom. The van der Waals surface area contributed by atoms with Crippen LogP contribution in [0, 0.1) is 5.92 Å². The summed E-state index contributed by atoms with van der Waals surface area (Å²) in [6.45, 7) is 4.70. The maximum absolute atomic E-state index is 11.6. The largest absolute Gasteiger partial charge is 0.371 e. The minimum absolute atomic E-state index is 0.0631. The van der Waals surface area contributed by atoms with Crippen LogP contribution in [-0.4, -0.2) is 31.6 Å². The van der Waals surface area contributed by atoms with E-state index in [0.29, 0.717) is 12.3 Å². The number of anilines is 1. The molecule has 1 amide bonds. The van der Waals surface area contributed by atoms with Crippen LogP contribution in [0.3, 0.4) is 0 Å². The van der Waals surface area contributed by atoms with Gasteiger partial charge in [-0.05, 0) is 31.4 Å². The van der Waals surface area contributed by atoms with E-state index in [-0.39, 0.29) is 11.9 Å². The van der Waals surface area contributed by atoms with Gasteiger partial charge in [0.25, 0.3) is 0 Å². The lowest BCUT2D eigenvalue weighted by molar-refractivity contribution is -0.121. The summed E-state index contributed by atoms with van der Waals surface area (Å²) in [5.74, 6) is 0.602. The highest BCUT2D eigenvalue weighted by atomic mass is 16.1. The number of carbonyl (C=O) groups excluding carboxylic acids is 1. The Bertz CT molecular complexity index is 405. The third kappa shape index (κ3) is 4.24. The van der Waals surface area contributed by atoms with Crippen molar-refractivity contribution in [3.8, 4) is 0 Å². The van der Waals surface area contributed by atoms with Crippen LogP contribution in [0.4, 0.5) is 5.69 Å². The summed E-state index contributed by atoms with van der Waals surface area (Å²) in [4.78, 5) is 13.9. The highest BCUT2D eigenvalue weighted by molar-refractivity contribution is 5.76. The van der Waals surface area contributed by atoms with Gasteiger partial charge in [-0.2, -0.15) is 0 Å². The van der Waals surface area contributed by atoms with Gasteiger partial charge in [0.1, 0.15) is 0 Å². The van der Waals surface area contributed by atoms with Crippen LogP contribution in [0.25, 0.3) is 0 Å². The van der Waals surface area contributed by atoms with Crippen molar-refractivity contribution in [2.45, 2.75) is 25.8 Å².